The minimum absolute atomic E-state index is 0.0432. The number of hydrogen-bond donors (Lipinski definition) is 6. The van der Waals surface area contributed by atoms with E-state index in [-0.39, 0.29) is 18.3 Å². The highest BCUT2D eigenvalue weighted by Gasteiger charge is 2.59. The number of nitrogens with two attached hydrogens (primary N) is 1. The van der Waals surface area contributed by atoms with Crippen LogP contribution in [-0.2, 0) is 25.9 Å². The van der Waals surface area contributed by atoms with E-state index in [0.29, 0.717) is 17.4 Å². The molecular formula is C27H37F2N6O7. The number of aliphatic hydroxyl groups is 2. The molecule has 2 heterocycles. The van der Waals surface area contributed by atoms with Gasteiger partial charge in [-0.2, -0.15) is 13.8 Å². The lowest BCUT2D eigenvalue weighted by Gasteiger charge is -2.24. The molecule has 0 bridgehead atoms. The molecule has 0 saturated carbocycles. The van der Waals surface area contributed by atoms with E-state index < -0.39 is 73.2 Å². The summed E-state index contributed by atoms with van der Waals surface area (Å²) in [6.07, 6.45) is -5.54. The van der Waals surface area contributed by atoms with Crippen molar-refractivity contribution in [3.63, 3.8) is 0 Å². The van der Waals surface area contributed by atoms with Gasteiger partial charge in [-0.15, -0.1) is 0 Å². The Morgan fingerprint density at radius 2 is 1.90 bits per heavy atom. The van der Waals surface area contributed by atoms with Crippen LogP contribution < -0.4 is 27.4 Å². The van der Waals surface area contributed by atoms with Crippen LogP contribution in [0, 0.1) is 5.92 Å². The van der Waals surface area contributed by atoms with Gasteiger partial charge in [0.25, 0.3) is 0 Å². The highest BCUT2D eigenvalue weighted by Crippen LogP contribution is 2.42. The number of carbonyl (C=O) groups excluding carboxylic acids is 2. The lowest BCUT2D eigenvalue weighted by atomic mass is 10.00. The Balaban J connectivity index is 1.53. The second-order valence-corrected chi connectivity index (χ2v) is 10.6. The number of nitrogens with one attached hydrogen (secondary N) is 3. The lowest BCUT2D eigenvalue weighted by molar-refractivity contribution is -0.141. The summed E-state index contributed by atoms with van der Waals surface area (Å²) < 4.78 is 33.9. The summed E-state index contributed by atoms with van der Waals surface area (Å²) in [4.78, 5) is 41.1. The third-order valence-corrected chi connectivity index (χ3v) is 6.72. The first kappa shape index (κ1) is 33.2. The number of nitrogens with zero attached hydrogens (tertiary/aromatic N) is 2. The van der Waals surface area contributed by atoms with E-state index in [2.05, 4.69) is 20.9 Å². The zero-order chi connectivity index (χ0) is 31.0. The van der Waals surface area contributed by atoms with Gasteiger partial charge in [-0.3, -0.25) is 14.2 Å². The quantitative estimate of drug-likeness (QED) is 0.167. The molecule has 3 rings (SSSR count). The van der Waals surface area contributed by atoms with Gasteiger partial charge >= 0.3 is 11.6 Å². The molecule has 1 aliphatic heterocycles. The number of alkyl halides is 2. The van der Waals surface area contributed by atoms with Crippen LogP contribution >= 0.6 is 0 Å². The summed E-state index contributed by atoms with van der Waals surface area (Å²) in [5, 5.41) is 38.9. The van der Waals surface area contributed by atoms with Crippen LogP contribution in [0.25, 0.3) is 0 Å². The predicted molar refractivity (Wildman–Crippen MR) is 146 cm³/mol. The molecule has 0 spiro atoms. The van der Waals surface area contributed by atoms with E-state index in [4.69, 9.17) is 10.5 Å². The molecule has 1 aliphatic rings. The molecule has 13 nitrogen and oxygen atoms in total. The van der Waals surface area contributed by atoms with Gasteiger partial charge in [-0.05, 0) is 30.4 Å². The van der Waals surface area contributed by atoms with Crippen LogP contribution in [0.2, 0.25) is 0 Å². The molecule has 1 aromatic heterocycles. The van der Waals surface area contributed by atoms with Crippen LogP contribution in [0.1, 0.15) is 32.1 Å². The van der Waals surface area contributed by atoms with Crippen molar-refractivity contribution in [2.24, 2.45) is 11.7 Å². The Kier molecular flexibility index (Phi) is 11.6. The number of amides is 2. The highest BCUT2D eigenvalue weighted by molar-refractivity contribution is 5.94. The van der Waals surface area contributed by atoms with Gasteiger partial charge in [0.1, 0.15) is 18.5 Å². The normalized spacial score (nSPS) is 22.0. The second-order valence-electron chi connectivity index (χ2n) is 10.6. The number of carbonyl (C=O) groups is 2. The minimum Gasteiger partial charge on any atom is -0.390 e. The third-order valence-electron chi connectivity index (χ3n) is 6.72. The van der Waals surface area contributed by atoms with Gasteiger partial charge in [-0.25, -0.2) is 9.90 Å². The van der Waals surface area contributed by atoms with Gasteiger partial charge < -0.3 is 36.6 Å². The standard InChI is InChI=1S/C27H37F2N6O7/c1-15(2)10-18(31-12-19(37)17(30)11-16-6-4-3-5-7-16)24(40)32-13-22(38)33-21-8-9-35(26(41)34-21)25-27(28,29)23(39)20(14-36)42-25/h3-9,15,17-20,23,25,31,37,39H,10-14,30H2,1-2H3,(H,32,40)(H,33,34,38,41)/t17-,18+,19+,20-,23-,25-/m1/s1. The molecule has 42 heavy (non-hydrogen) atoms. The summed E-state index contributed by atoms with van der Waals surface area (Å²) in [6, 6.07) is 9.19. The molecular weight excluding hydrogens is 558 g/mol. The van der Waals surface area contributed by atoms with E-state index in [1.165, 1.54) is 0 Å². The maximum absolute atomic E-state index is 14.3. The Morgan fingerprint density at radius 3 is 2.50 bits per heavy atom. The van der Waals surface area contributed by atoms with E-state index >= 15 is 0 Å². The smallest absolute Gasteiger partial charge is 0.351 e. The number of anilines is 1. The molecule has 7 N–H and O–H groups in total. The SMILES string of the molecule is CC(C)C[C@H](NC[C@H](O)[C@H](N)Cc1ccccc1)C(=O)NCC(=O)Nc1ccn([C@@H]2O[C@H](C[O])[C@@H](O)C2(F)F)c(=O)n1. The lowest BCUT2D eigenvalue weighted by Crippen LogP contribution is -2.51. The fourth-order valence-electron chi connectivity index (χ4n) is 4.44. The maximum atomic E-state index is 14.3. The minimum atomic E-state index is -3.92. The number of ether oxygens (including phenoxy) is 1. The summed E-state index contributed by atoms with van der Waals surface area (Å²) >= 11 is 0. The molecule has 0 aliphatic carbocycles. The zero-order valence-corrected chi connectivity index (χ0v) is 23.3. The van der Waals surface area contributed by atoms with Crippen molar-refractivity contribution in [3.05, 3.63) is 58.6 Å². The average molecular weight is 596 g/mol. The molecule has 0 unspecified atom stereocenters. The van der Waals surface area contributed by atoms with Crippen molar-refractivity contribution >= 4 is 17.6 Å². The predicted octanol–water partition coefficient (Wildman–Crippen LogP) is -0.443. The molecule has 2 amide bonds. The van der Waals surface area contributed by atoms with Crippen molar-refractivity contribution in [2.45, 2.75) is 69.2 Å². The number of halogens is 2. The zero-order valence-electron chi connectivity index (χ0n) is 23.3. The summed E-state index contributed by atoms with van der Waals surface area (Å²) in [5.41, 5.74) is 5.88. The molecule has 1 fully saturated rings. The van der Waals surface area contributed by atoms with E-state index in [0.717, 1.165) is 17.8 Å². The fourth-order valence-corrected chi connectivity index (χ4v) is 4.44. The first-order valence-electron chi connectivity index (χ1n) is 13.5. The highest BCUT2D eigenvalue weighted by atomic mass is 19.3. The molecule has 2 aromatic rings. The topological polar surface area (TPSA) is 201 Å². The maximum Gasteiger partial charge on any atom is 0.351 e. The van der Waals surface area contributed by atoms with Crippen molar-refractivity contribution in [3.8, 4) is 0 Å². The van der Waals surface area contributed by atoms with Crippen LogP contribution in [0.15, 0.2) is 47.4 Å². The number of aliphatic hydroxyl groups excluding tert-OH is 2. The van der Waals surface area contributed by atoms with Crippen molar-refractivity contribution in [2.75, 3.05) is 25.0 Å². The Morgan fingerprint density at radius 1 is 1.21 bits per heavy atom. The van der Waals surface area contributed by atoms with Crippen molar-refractivity contribution in [1.82, 2.24) is 20.2 Å². The number of aromatic nitrogens is 2. The monoisotopic (exact) mass is 595 g/mol. The van der Waals surface area contributed by atoms with Crippen LogP contribution in [-0.4, -0.2) is 87.6 Å². The van der Waals surface area contributed by atoms with Gasteiger partial charge in [-0.1, -0.05) is 44.2 Å². The number of benzene rings is 1. The van der Waals surface area contributed by atoms with Crippen molar-refractivity contribution in [1.29, 1.82) is 0 Å². The molecule has 15 heteroatoms. The van der Waals surface area contributed by atoms with Gasteiger partial charge in [0.05, 0.1) is 18.7 Å². The van der Waals surface area contributed by atoms with E-state index in [1.54, 1.807) is 0 Å². The van der Waals surface area contributed by atoms with E-state index in [9.17, 15) is 38.5 Å². The second kappa shape index (κ2) is 14.7. The third kappa shape index (κ3) is 8.59. The summed E-state index contributed by atoms with van der Waals surface area (Å²) in [5.74, 6) is -5.33. The van der Waals surface area contributed by atoms with Crippen LogP contribution in [0.3, 0.4) is 0 Å². The van der Waals surface area contributed by atoms with Gasteiger partial charge in [0.15, 0.2) is 6.10 Å². The summed E-state index contributed by atoms with van der Waals surface area (Å²) in [6.45, 7) is 2.24. The number of hydrogen-bond acceptors (Lipinski definition) is 9. The van der Waals surface area contributed by atoms with Crippen molar-refractivity contribution < 1.29 is 38.4 Å². The average Bonchev–Trinajstić information content (AvgIpc) is 3.17. The summed E-state index contributed by atoms with van der Waals surface area (Å²) in [7, 11) is 0. The molecule has 6 atom stereocenters. The van der Waals surface area contributed by atoms with Gasteiger partial charge in [0, 0.05) is 18.8 Å². The van der Waals surface area contributed by atoms with Crippen LogP contribution in [0.5, 0.6) is 0 Å². The first-order chi connectivity index (χ1) is 19.8. The Bertz CT molecular complexity index is 1250. The first-order valence-corrected chi connectivity index (χ1v) is 13.5. The fraction of sp³-hybridized carbons (Fsp3) is 0.556. The molecule has 231 valence electrons. The van der Waals surface area contributed by atoms with E-state index in [1.807, 2.05) is 44.2 Å². The molecule has 1 aromatic carbocycles. The Labute approximate surface area is 241 Å². The number of rotatable bonds is 14. The van der Waals surface area contributed by atoms with Gasteiger partial charge in [0.2, 0.25) is 18.0 Å². The largest absolute Gasteiger partial charge is 0.390 e. The molecule has 1 radical (unpaired) electrons. The molecule has 1 saturated heterocycles. The Hall–Kier alpha value is -3.34. The van der Waals surface area contributed by atoms with Crippen LogP contribution in [0.4, 0.5) is 14.6 Å².